The molecule has 0 atom stereocenters. The molecular formula is C55H34N4. The molecule has 12 rings (SSSR count). The Hall–Kier alpha value is -8.13. The fourth-order valence-corrected chi connectivity index (χ4v) is 9.38. The van der Waals surface area contributed by atoms with E-state index >= 15 is 0 Å². The predicted molar refractivity (Wildman–Crippen MR) is 245 cm³/mol. The van der Waals surface area contributed by atoms with Gasteiger partial charge in [0.25, 0.3) is 0 Å². The molecule has 0 amide bonds. The Morgan fingerprint density at radius 1 is 0.271 bits per heavy atom. The van der Waals surface area contributed by atoms with Crippen molar-refractivity contribution in [1.29, 1.82) is 5.26 Å². The van der Waals surface area contributed by atoms with Crippen molar-refractivity contribution in [2.75, 3.05) is 0 Å². The van der Waals surface area contributed by atoms with Gasteiger partial charge >= 0.3 is 0 Å². The Kier molecular flexibility index (Phi) is 7.26. The SMILES string of the molecule is N#Cc1ccc(-n2c3ccccc3c3cc(-c4cccc(-n5c6ccccc6c6cc(-c7ccc8c(c7)c7ccccc7n8-c7ccccc7)ccc65)c4)ccc32)cc1. The number of fused-ring (bicyclic) bond motifs is 9. The summed E-state index contributed by atoms with van der Waals surface area (Å²) in [6.07, 6.45) is 0. The van der Waals surface area contributed by atoms with E-state index in [4.69, 9.17) is 0 Å². The molecule has 0 fully saturated rings. The van der Waals surface area contributed by atoms with Crippen molar-refractivity contribution in [3.8, 4) is 45.4 Å². The number of hydrogen-bond donors (Lipinski definition) is 0. The van der Waals surface area contributed by atoms with Crippen LogP contribution in [0, 0.1) is 11.3 Å². The van der Waals surface area contributed by atoms with Crippen LogP contribution in [0.4, 0.5) is 0 Å². The van der Waals surface area contributed by atoms with Crippen LogP contribution in [0.1, 0.15) is 5.56 Å². The normalized spacial score (nSPS) is 11.7. The maximum absolute atomic E-state index is 9.41. The summed E-state index contributed by atoms with van der Waals surface area (Å²) in [4.78, 5) is 0. The molecule has 0 saturated heterocycles. The molecule has 59 heavy (non-hydrogen) atoms. The third-order valence-corrected chi connectivity index (χ3v) is 12.1. The largest absolute Gasteiger partial charge is 0.309 e. The second kappa shape index (κ2) is 13.0. The molecular weight excluding hydrogens is 717 g/mol. The highest BCUT2D eigenvalue weighted by molar-refractivity contribution is 6.13. The van der Waals surface area contributed by atoms with Crippen LogP contribution < -0.4 is 0 Å². The van der Waals surface area contributed by atoms with E-state index in [0.717, 1.165) is 39.2 Å². The van der Waals surface area contributed by atoms with Crippen molar-refractivity contribution in [2.45, 2.75) is 0 Å². The molecule has 0 radical (unpaired) electrons. The van der Waals surface area contributed by atoms with E-state index < -0.39 is 0 Å². The minimum Gasteiger partial charge on any atom is -0.309 e. The first-order valence-corrected chi connectivity index (χ1v) is 20.0. The summed E-state index contributed by atoms with van der Waals surface area (Å²) in [5.74, 6) is 0. The van der Waals surface area contributed by atoms with Gasteiger partial charge in [0.05, 0.1) is 44.7 Å². The first-order chi connectivity index (χ1) is 29.2. The lowest BCUT2D eigenvalue weighted by molar-refractivity contribution is 1.18. The van der Waals surface area contributed by atoms with Gasteiger partial charge in [-0.3, -0.25) is 0 Å². The minimum atomic E-state index is 0.655. The summed E-state index contributed by atoms with van der Waals surface area (Å²) in [6, 6.07) is 76.3. The van der Waals surface area contributed by atoms with E-state index in [0.29, 0.717) is 5.56 Å². The highest BCUT2D eigenvalue weighted by Crippen LogP contribution is 2.40. The summed E-state index contributed by atoms with van der Waals surface area (Å²) in [5, 5.41) is 16.8. The zero-order valence-electron chi connectivity index (χ0n) is 31.9. The van der Waals surface area contributed by atoms with Crippen LogP contribution in [-0.2, 0) is 0 Å². The standard InChI is InChI=1S/C55H34N4/c56-35-36-21-26-42(27-22-36)58-51-19-8-5-16-45(51)47-32-38(23-28-54(47)58)37-11-10-14-43(31-37)59-52-20-9-6-17-46(52)49-34-40(25-30-55(49)59)39-24-29-53-48(33-39)44-15-4-7-18-50(44)57(53)41-12-2-1-3-13-41/h1-34H. The number of nitrogens with zero attached hydrogens (tertiary/aromatic N) is 4. The quantitative estimate of drug-likeness (QED) is 0.173. The Morgan fingerprint density at radius 2 is 0.644 bits per heavy atom. The lowest BCUT2D eigenvalue weighted by atomic mass is 10.0. The topological polar surface area (TPSA) is 38.6 Å². The summed E-state index contributed by atoms with van der Waals surface area (Å²) in [5.41, 5.74) is 15.7. The van der Waals surface area contributed by atoms with Gasteiger partial charge < -0.3 is 13.7 Å². The fourth-order valence-electron chi connectivity index (χ4n) is 9.38. The van der Waals surface area contributed by atoms with Crippen molar-refractivity contribution in [3.63, 3.8) is 0 Å². The lowest BCUT2D eigenvalue weighted by Crippen LogP contribution is -1.95. The molecule has 9 aromatic carbocycles. The van der Waals surface area contributed by atoms with Gasteiger partial charge in [-0.25, -0.2) is 0 Å². The Bertz CT molecular complexity index is 3670. The number of para-hydroxylation sites is 4. The minimum absolute atomic E-state index is 0.655. The molecule has 0 saturated carbocycles. The Labute approximate surface area is 340 Å². The summed E-state index contributed by atoms with van der Waals surface area (Å²) >= 11 is 0. The monoisotopic (exact) mass is 750 g/mol. The number of aromatic nitrogens is 3. The average molecular weight is 751 g/mol. The third kappa shape index (κ3) is 5.09. The van der Waals surface area contributed by atoms with Crippen LogP contribution >= 0.6 is 0 Å². The number of nitriles is 1. The van der Waals surface area contributed by atoms with Crippen molar-refractivity contribution in [1.82, 2.24) is 13.7 Å². The molecule has 3 heterocycles. The van der Waals surface area contributed by atoms with Gasteiger partial charge in [-0.2, -0.15) is 5.26 Å². The van der Waals surface area contributed by atoms with Gasteiger partial charge in [-0.1, -0.05) is 103 Å². The molecule has 0 bridgehead atoms. The highest BCUT2D eigenvalue weighted by Gasteiger charge is 2.18. The second-order valence-electron chi connectivity index (χ2n) is 15.3. The van der Waals surface area contributed by atoms with E-state index in [1.165, 1.54) is 65.5 Å². The zero-order chi connectivity index (χ0) is 39.0. The van der Waals surface area contributed by atoms with Crippen LogP contribution in [0.5, 0.6) is 0 Å². The van der Waals surface area contributed by atoms with Crippen molar-refractivity contribution >= 4 is 65.4 Å². The maximum atomic E-state index is 9.41. The average Bonchev–Trinajstić information content (AvgIpc) is 3.94. The second-order valence-corrected chi connectivity index (χ2v) is 15.3. The summed E-state index contributed by atoms with van der Waals surface area (Å²) < 4.78 is 7.07. The molecule has 0 N–H and O–H groups in total. The van der Waals surface area contributed by atoms with E-state index in [2.05, 4.69) is 202 Å². The van der Waals surface area contributed by atoms with Crippen molar-refractivity contribution < 1.29 is 0 Å². The molecule has 0 spiro atoms. The fraction of sp³-hybridized carbons (Fsp3) is 0. The van der Waals surface area contributed by atoms with Gasteiger partial charge in [0.1, 0.15) is 0 Å². The third-order valence-electron chi connectivity index (χ3n) is 12.1. The Balaban J connectivity index is 0.975. The summed E-state index contributed by atoms with van der Waals surface area (Å²) in [7, 11) is 0. The van der Waals surface area contributed by atoms with Crippen LogP contribution in [0.15, 0.2) is 206 Å². The van der Waals surface area contributed by atoms with Gasteiger partial charge in [0.15, 0.2) is 0 Å². The molecule has 3 aromatic heterocycles. The highest BCUT2D eigenvalue weighted by atomic mass is 15.0. The van der Waals surface area contributed by atoms with Crippen molar-refractivity contribution in [3.05, 3.63) is 212 Å². The maximum Gasteiger partial charge on any atom is 0.0991 e. The number of benzene rings is 9. The predicted octanol–water partition coefficient (Wildman–Crippen LogP) is 14.2. The van der Waals surface area contributed by atoms with Gasteiger partial charge in [0, 0.05) is 49.4 Å². The van der Waals surface area contributed by atoms with Crippen molar-refractivity contribution in [2.24, 2.45) is 0 Å². The van der Waals surface area contributed by atoms with Crippen LogP contribution in [0.3, 0.4) is 0 Å². The van der Waals surface area contributed by atoms with Crippen LogP contribution in [0.2, 0.25) is 0 Å². The summed E-state index contributed by atoms with van der Waals surface area (Å²) in [6.45, 7) is 0. The zero-order valence-corrected chi connectivity index (χ0v) is 31.9. The van der Waals surface area contributed by atoms with Gasteiger partial charge in [-0.15, -0.1) is 0 Å². The molecule has 4 nitrogen and oxygen atoms in total. The first kappa shape index (κ1) is 33.1. The van der Waals surface area contributed by atoms with Crippen LogP contribution in [-0.4, -0.2) is 13.7 Å². The molecule has 274 valence electrons. The number of hydrogen-bond acceptors (Lipinski definition) is 1. The van der Waals surface area contributed by atoms with Gasteiger partial charge in [-0.05, 0) is 125 Å². The first-order valence-electron chi connectivity index (χ1n) is 20.0. The van der Waals surface area contributed by atoms with E-state index in [1.54, 1.807) is 0 Å². The Morgan fingerprint density at radius 3 is 1.12 bits per heavy atom. The molecule has 0 unspecified atom stereocenters. The molecule has 0 aliphatic rings. The van der Waals surface area contributed by atoms with E-state index in [1.807, 2.05) is 24.3 Å². The van der Waals surface area contributed by atoms with E-state index in [9.17, 15) is 5.26 Å². The van der Waals surface area contributed by atoms with E-state index in [-0.39, 0.29) is 0 Å². The van der Waals surface area contributed by atoms with Gasteiger partial charge in [0.2, 0.25) is 0 Å². The van der Waals surface area contributed by atoms with Crippen LogP contribution in [0.25, 0.3) is 105 Å². The molecule has 0 aliphatic carbocycles. The lowest BCUT2D eigenvalue weighted by Gasteiger charge is -2.12. The number of rotatable bonds is 5. The molecule has 12 aromatic rings. The smallest absolute Gasteiger partial charge is 0.0991 e. The molecule has 4 heteroatoms. The molecule has 0 aliphatic heterocycles.